The fourth-order valence-corrected chi connectivity index (χ4v) is 1.60. The van der Waals surface area contributed by atoms with Crippen LogP contribution in [0.25, 0.3) is 0 Å². The Kier molecular flexibility index (Phi) is 4.74. The van der Waals surface area contributed by atoms with Gasteiger partial charge in [0, 0.05) is 19.3 Å². The second-order valence-electron chi connectivity index (χ2n) is 4.66. The molecule has 0 aromatic carbocycles. The smallest absolute Gasteiger partial charge is 0.128 e. The van der Waals surface area contributed by atoms with Crippen molar-refractivity contribution in [3.8, 4) is 0 Å². The first-order valence-electron chi connectivity index (χ1n) is 5.94. The van der Waals surface area contributed by atoms with Gasteiger partial charge in [0.25, 0.3) is 0 Å². The molecule has 0 aliphatic carbocycles. The number of aromatic nitrogens is 1. The molecule has 1 heterocycles. The third-order valence-electron chi connectivity index (χ3n) is 3.18. The Morgan fingerprint density at radius 2 is 2.00 bits per heavy atom. The average molecular weight is 221 g/mol. The fraction of sp³-hybridized carbons (Fsp3) is 0.615. The highest BCUT2D eigenvalue weighted by Crippen LogP contribution is 2.16. The van der Waals surface area contributed by atoms with E-state index in [9.17, 15) is 0 Å². The van der Waals surface area contributed by atoms with Gasteiger partial charge in [-0.2, -0.15) is 0 Å². The van der Waals surface area contributed by atoms with Crippen LogP contribution in [-0.4, -0.2) is 24.6 Å². The van der Waals surface area contributed by atoms with Crippen LogP contribution in [0.5, 0.6) is 0 Å². The van der Waals surface area contributed by atoms with Crippen molar-refractivity contribution in [1.29, 1.82) is 0 Å². The van der Waals surface area contributed by atoms with Crippen molar-refractivity contribution in [2.75, 3.05) is 18.5 Å². The lowest BCUT2D eigenvalue weighted by molar-refractivity contribution is 0.502. The molecule has 1 aromatic heterocycles. The van der Waals surface area contributed by atoms with Crippen LogP contribution in [0.3, 0.4) is 0 Å². The minimum absolute atomic E-state index is 0.493. The Balaban J connectivity index is 2.73. The number of pyridine rings is 1. The number of rotatable bonds is 5. The van der Waals surface area contributed by atoms with Crippen molar-refractivity contribution in [2.45, 2.75) is 33.2 Å². The molecule has 1 atom stereocenters. The Labute approximate surface area is 98.7 Å². The Bertz CT molecular complexity index is 305. The van der Waals surface area contributed by atoms with Gasteiger partial charge < -0.3 is 10.6 Å². The third-order valence-corrected chi connectivity index (χ3v) is 3.18. The molecule has 3 nitrogen and oxygen atoms in total. The van der Waals surface area contributed by atoms with Gasteiger partial charge in [-0.25, -0.2) is 4.98 Å². The Morgan fingerprint density at radius 1 is 1.31 bits per heavy atom. The zero-order chi connectivity index (χ0) is 12.1. The minimum Gasteiger partial charge on any atom is -0.357 e. The van der Waals surface area contributed by atoms with Gasteiger partial charge in [-0.05, 0) is 37.4 Å². The monoisotopic (exact) mass is 221 g/mol. The first-order chi connectivity index (χ1) is 7.56. The molecule has 0 radical (unpaired) electrons. The van der Waals surface area contributed by atoms with Crippen LogP contribution in [0, 0.1) is 5.92 Å². The summed E-state index contributed by atoms with van der Waals surface area (Å²) in [6.07, 6.45) is 2.82. The molecular formula is C13H23N3. The summed E-state index contributed by atoms with van der Waals surface area (Å²) >= 11 is 0. The van der Waals surface area contributed by atoms with E-state index in [-0.39, 0.29) is 0 Å². The maximum atomic E-state index is 5.51. The van der Waals surface area contributed by atoms with E-state index < -0.39 is 0 Å². The largest absolute Gasteiger partial charge is 0.357 e. The molecule has 1 aromatic rings. The van der Waals surface area contributed by atoms with Gasteiger partial charge in [0.05, 0.1) is 0 Å². The Hall–Kier alpha value is -1.09. The first kappa shape index (κ1) is 13.0. The van der Waals surface area contributed by atoms with Crippen LogP contribution in [-0.2, 0) is 6.42 Å². The first-order valence-corrected chi connectivity index (χ1v) is 5.94. The van der Waals surface area contributed by atoms with Gasteiger partial charge in [0.1, 0.15) is 5.82 Å². The maximum Gasteiger partial charge on any atom is 0.128 e. The summed E-state index contributed by atoms with van der Waals surface area (Å²) in [4.78, 5) is 6.69. The highest BCUT2D eigenvalue weighted by molar-refractivity contribution is 5.39. The summed E-state index contributed by atoms with van der Waals surface area (Å²) in [5.41, 5.74) is 6.71. The number of hydrogen-bond donors (Lipinski definition) is 1. The number of anilines is 1. The van der Waals surface area contributed by atoms with E-state index in [4.69, 9.17) is 5.73 Å². The number of hydrogen-bond acceptors (Lipinski definition) is 3. The lowest BCUT2D eigenvalue weighted by Crippen LogP contribution is -2.33. The molecule has 3 heteroatoms. The van der Waals surface area contributed by atoms with Gasteiger partial charge in [-0.1, -0.05) is 19.9 Å². The van der Waals surface area contributed by atoms with Gasteiger partial charge >= 0.3 is 0 Å². The van der Waals surface area contributed by atoms with Crippen LogP contribution >= 0.6 is 0 Å². The van der Waals surface area contributed by atoms with Crippen LogP contribution in [0.1, 0.15) is 26.3 Å². The van der Waals surface area contributed by atoms with E-state index >= 15 is 0 Å². The average Bonchev–Trinajstić information content (AvgIpc) is 2.28. The molecule has 1 rings (SSSR count). The number of nitrogens with two attached hydrogens (primary N) is 1. The summed E-state index contributed by atoms with van der Waals surface area (Å²) in [5.74, 6) is 1.65. The van der Waals surface area contributed by atoms with Crippen molar-refractivity contribution in [3.05, 3.63) is 23.9 Å². The lowest BCUT2D eigenvalue weighted by Gasteiger charge is -2.29. The molecule has 0 saturated carbocycles. The van der Waals surface area contributed by atoms with Crippen molar-refractivity contribution in [2.24, 2.45) is 11.7 Å². The molecule has 0 aliphatic rings. The highest BCUT2D eigenvalue weighted by atomic mass is 15.2. The SMILES string of the molecule is CC(C)C(C)N(C)c1ccc(CCN)cn1. The second-order valence-corrected chi connectivity index (χ2v) is 4.66. The van der Waals surface area contributed by atoms with E-state index in [0.717, 1.165) is 12.2 Å². The van der Waals surface area contributed by atoms with E-state index in [1.807, 2.05) is 6.20 Å². The molecule has 0 saturated heterocycles. The zero-order valence-electron chi connectivity index (χ0n) is 10.8. The molecule has 2 N–H and O–H groups in total. The predicted octanol–water partition coefficient (Wildman–Crippen LogP) is 2.06. The van der Waals surface area contributed by atoms with Gasteiger partial charge in [-0.15, -0.1) is 0 Å². The van der Waals surface area contributed by atoms with Crippen LogP contribution in [0.15, 0.2) is 18.3 Å². The van der Waals surface area contributed by atoms with Crippen molar-refractivity contribution in [1.82, 2.24) is 4.98 Å². The molecule has 16 heavy (non-hydrogen) atoms. The van der Waals surface area contributed by atoms with Crippen LogP contribution < -0.4 is 10.6 Å². The normalized spacial score (nSPS) is 12.9. The van der Waals surface area contributed by atoms with Crippen molar-refractivity contribution in [3.63, 3.8) is 0 Å². The molecule has 0 aliphatic heterocycles. The quantitative estimate of drug-likeness (QED) is 0.827. The Morgan fingerprint density at radius 3 is 2.44 bits per heavy atom. The molecule has 0 bridgehead atoms. The summed E-state index contributed by atoms with van der Waals surface area (Å²) in [5, 5.41) is 0. The molecule has 90 valence electrons. The van der Waals surface area contributed by atoms with E-state index in [1.54, 1.807) is 0 Å². The molecule has 0 amide bonds. The summed E-state index contributed by atoms with van der Waals surface area (Å²) < 4.78 is 0. The van der Waals surface area contributed by atoms with Crippen molar-refractivity contribution < 1.29 is 0 Å². The zero-order valence-corrected chi connectivity index (χ0v) is 10.8. The maximum absolute atomic E-state index is 5.51. The van der Waals surface area contributed by atoms with E-state index in [0.29, 0.717) is 18.5 Å². The summed E-state index contributed by atoms with van der Waals surface area (Å²) in [7, 11) is 2.09. The van der Waals surface area contributed by atoms with Crippen LogP contribution in [0.4, 0.5) is 5.82 Å². The molecule has 0 fully saturated rings. The van der Waals surface area contributed by atoms with E-state index in [1.165, 1.54) is 5.56 Å². The molecular weight excluding hydrogens is 198 g/mol. The van der Waals surface area contributed by atoms with Crippen LogP contribution in [0.2, 0.25) is 0 Å². The van der Waals surface area contributed by atoms with Gasteiger partial charge in [-0.3, -0.25) is 0 Å². The van der Waals surface area contributed by atoms with E-state index in [2.05, 4.69) is 49.8 Å². The van der Waals surface area contributed by atoms with Gasteiger partial charge in [0.15, 0.2) is 0 Å². The second kappa shape index (κ2) is 5.85. The summed E-state index contributed by atoms with van der Waals surface area (Å²) in [6.45, 7) is 7.35. The minimum atomic E-state index is 0.493. The molecule has 1 unspecified atom stereocenters. The standard InChI is InChI=1S/C13H23N3/c1-10(2)11(3)16(4)13-6-5-12(7-8-14)9-15-13/h5-6,9-11H,7-8,14H2,1-4H3. The highest BCUT2D eigenvalue weighted by Gasteiger charge is 2.14. The number of nitrogens with zero attached hydrogens (tertiary/aromatic N) is 2. The lowest BCUT2D eigenvalue weighted by atomic mass is 10.1. The predicted molar refractivity (Wildman–Crippen MR) is 69.7 cm³/mol. The topological polar surface area (TPSA) is 42.1 Å². The third kappa shape index (κ3) is 3.20. The van der Waals surface area contributed by atoms with Crippen molar-refractivity contribution >= 4 is 5.82 Å². The fourth-order valence-electron chi connectivity index (χ4n) is 1.60. The molecule has 0 spiro atoms. The summed E-state index contributed by atoms with van der Waals surface area (Å²) in [6, 6.07) is 4.68. The van der Waals surface area contributed by atoms with Gasteiger partial charge in [0.2, 0.25) is 0 Å².